The number of aliphatic hydroxyl groups is 1. The number of hydrogen-bond donors (Lipinski definition) is 7. The Balaban J connectivity index is 0.000000226. The van der Waals surface area contributed by atoms with Gasteiger partial charge in [-0.3, -0.25) is 47.3 Å². The number of rotatable bonds is 23. The summed E-state index contributed by atoms with van der Waals surface area (Å²) in [6.07, 6.45) is 35.2. The molecule has 608 valence electrons. The largest absolute Gasteiger partial charge is 1.00 e. The maximum atomic E-state index is 13.2. The number of carbonyl (C=O) groups excluding carboxylic acids is 6. The van der Waals surface area contributed by atoms with Crippen molar-refractivity contribution >= 4 is 52.6 Å². The van der Waals surface area contributed by atoms with Gasteiger partial charge in [0.05, 0.1) is 66.9 Å². The number of benzene rings is 3. The zero-order valence-electron chi connectivity index (χ0n) is 65.6. The minimum Gasteiger partial charge on any atom is -0.870 e. The molecule has 6 aromatic heterocycles. The first kappa shape index (κ1) is 92.8. The van der Waals surface area contributed by atoms with Gasteiger partial charge in [-0.05, 0) is 150 Å². The third-order valence-corrected chi connectivity index (χ3v) is 19.9. The van der Waals surface area contributed by atoms with E-state index >= 15 is 0 Å². The van der Waals surface area contributed by atoms with Crippen LogP contribution in [0.4, 0.5) is 17.1 Å². The summed E-state index contributed by atoms with van der Waals surface area (Å²) in [5.74, 6) is -3.33. The molecule has 11 heterocycles. The number of ether oxygens (including phenoxy) is 5. The molecule has 4 bridgehead atoms. The van der Waals surface area contributed by atoms with E-state index in [1.807, 2.05) is 87.5 Å². The number of unbranched alkanes of at least 4 members (excludes halogenated alkanes) is 6. The summed E-state index contributed by atoms with van der Waals surface area (Å²) in [6.45, 7) is 9.07. The van der Waals surface area contributed by atoms with Crippen LogP contribution in [0, 0.1) is 0 Å². The molecule has 4 saturated heterocycles. The van der Waals surface area contributed by atoms with E-state index in [0.717, 1.165) is 201 Å². The Morgan fingerprint density at radius 3 is 1.50 bits per heavy atom. The quantitative estimate of drug-likeness (QED) is 0.0269. The summed E-state index contributed by atoms with van der Waals surface area (Å²) in [4.78, 5) is 76.2. The van der Waals surface area contributed by atoms with E-state index in [0.29, 0.717) is 74.3 Å². The van der Waals surface area contributed by atoms with E-state index in [1.54, 1.807) is 69.2 Å². The molecule has 0 radical (unpaired) electrons. The first-order valence-corrected chi connectivity index (χ1v) is 38.8. The van der Waals surface area contributed by atoms with Crippen LogP contribution in [0.5, 0.6) is 0 Å². The average Bonchev–Trinajstić information content (AvgIpc) is 1.69. The molecule has 4 amide bonds. The number of fused-ring (bicyclic) bond motifs is 6. The molecule has 0 saturated carbocycles. The van der Waals surface area contributed by atoms with Gasteiger partial charge in [-0.2, -0.15) is 30.6 Å². The summed E-state index contributed by atoms with van der Waals surface area (Å²) in [5, 5.41) is 58.1. The van der Waals surface area contributed by atoms with Crippen molar-refractivity contribution in [2.45, 2.75) is 180 Å². The summed E-state index contributed by atoms with van der Waals surface area (Å²) in [6, 6.07) is 22.2. The molecule has 1 atom stereocenters. The molecule has 115 heavy (non-hydrogen) atoms. The van der Waals surface area contributed by atoms with Crippen molar-refractivity contribution in [1.82, 2.24) is 64.0 Å². The maximum absolute atomic E-state index is 13.2. The van der Waals surface area contributed by atoms with Gasteiger partial charge < -0.3 is 76.9 Å². The third-order valence-electron chi connectivity index (χ3n) is 19.9. The molecule has 1 unspecified atom stereocenters. The molecule has 5 aliphatic heterocycles. The smallest absolute Gasteiger partial charge is 0.870 e. The molecular weight excluding hydrogens is 1460 g/mol. The predicted molar refractivity (Wildman–Crippen MR) is 422 cm³/mol. The predicted octanol–water partition coefficient (Wildman–Crippen LogP) is 4.13. The molecule has 9 aromatic rings. The molecule has 4 fully saturated rings. The number of esters is 1. The average molecular weight is 1570 g/mol. The van der Waals surface area contributed by atoms with Crippen LogP contribution in [-0.4, -0.2) is 184 Å². The Bertz CT molecular complexity index is 4490. The van der Waals surface area contributed by atoms with E-state index in [-0.39, 0.29) is 109 Å². The van der Waals surface area contributed by atoms with Crippen molar-refractivity contribution < 1.29 is 106 Å². The number of aromatic carboxylic acids is 1. The van der Waals surface area contributed by atoms with E-state index in [2.05, 4.69) is 51.9 Å². The number of nitrogens with two attached hydrogens (primary N) is 2. The van der Waals surface area contributed by atoms with Crippen molar-refractivity contribution in [3.8, 4) is 33.4 Å². The summed E-state index contributed by atoms with van der Waals surface area (Å²) in [7, 11) is 1.30. The number of hydrogen-bond acceptors (Lipinski definition) is 22. The Hall–Kier alpha value is -9.39. The van der Waals surface area contributed by atoms with E-state index in [1.165, 1.54) is 7.11 Å². The van der Waals surface area contributed by atoms with Crippen LogP contribution in [-0.2, 0) is 43.3 Å². The summed E-state index contributed by atoms with van der Waals surface area (Å²) >= 11 is 0. The third kappa shape index (κ3) is 27.4. The van der Waals surface area contributed by atoms with Crippen LogP contribution in [0.15, 0.2) is 129 Å². The first-order valence-electron chi connectivity index (χ1n) is 38.8. The monoisotopic (exact) mass is 1570 g/mol. The van der Waals surface area contributed by atoms with Gasteiger partial charge in [0.1, 0.15) is 5.69 Å². The maximum Gasteiger partial charge on any atom is 1.00 e. The van der Waals surface area contributed by atoms with Crippen molar-refractivity contribution in [2.24, 2.45) is 11.5 Å². The normalized spacial score (nSPS) is 15.9. The van der Waals surface area contributed by atoms with Crippen LogP contribution >= 0.6 is 0 Å². The summed E-state index contributed by atoms with van der Waals surface area (Å²) < 4.78 is 36.7. The Labute approximate surface area is 694 Å². The van der Waals surface area contributed by atoms with E-state index < -0.39 is 24.1 Å². The number of methoxy groups -OCH3 is 1. The van der Waals surface area contributed by atoms with Crippen molar-refractivity contribution in [1.29, 1.82) is 0 Å². The van der Waals surface area contributed by atoms with Crippen molar-refractivity contribution in [3.63, 3.8) is 0 Å². The van der Waals surface area contributed by atoms with Gasteiger partial charge in [0, 0.05) is 149 Å². The fraction of sp³-hybridized carbons (Fsp3) is 0.481. The van der Waals surface area contributed by atoms with Gasteiger partial charge in [0.25, 0.3) is 23.6 Å². The standard InChI is InChI=1S/C26H34N6O4.C25H32N6O4.C25H30N6O3.C4H8O2.CH4.2Li.H2O/c1-35-26(34)24-23(18-32(30-24)22-9-13-36-14-10-22)29-25(33)20-8-6-7-19(15-20)21-16-28-31(17-21)12-5-3-2-4-11-27;26-10-3-1-2-4-11-30-16-20(15-27-30)18-6-5-7-19(14-18)24(32)28-22-17-31(29-23(22)25(33)34)21-8-12-35-13-9-21;32-24-19-7-5-6-18(14-19)20-15-27-30(16-20)11-4-2-1-3-10-26-25(33)23-22(28-24)17-31(29-23)21-8-12-34-13-9-21;5-4-2-1-3-6-4;;;;/h6-8,15-18,22H,2-5,9-14,27H2,1H3,(H,29,33);5-7,14-17,21H,1-4,8-13,26H2,(H,28,32)(H,33,34);5-7,14-17,21H,1-4,8-13H2,(H,26,33)(H,28,32);4-5H,1-3H2;1H4;;;1H2/q;;;;;2*+1;/p-2. The second-order valence-electron chi connectivity index (χ2n) is 28.0. The van der Waals surface area contributed by atoms with Crippen LogP contribution < -0.4 is 75.6 Å². The van der Waals surface area contributed by atoms with Gasteiger partial charge in [0.15, 0.2) is 17.7 Å². The minimum absolute atomic E-state index is 0. The van der Waals surface area contributed by atoms with Crippen LogP contribution in [0.1, 0.15) is 217 Å². The fourth-order valence-corrected chi connectivity index (χ4v) is 13.6. The van der Waals surface area contributed by atoms with Crippen LogP contribution in [0.25, 0.3) is 33.4 Å². The number of nitrogens with one attached hydrogen (secondary N) is 4. The number of anilines is 3. The minimum atomic E-state index is -1.43. The number of aliphatic hydroxyl groups excluding tert-OH is 1. The topological polar surface area (TPSA) is 429 Å². The van der Waals surface area contributed by atoms with E-state index in [9.17, 15) is 33.9 Å². The van der Waals surface area contributed by atoms with E-state index in [4.69, 9.17) is 40.3 Å². The molecule has 0 aliphatic carbocycles. The number of carboxylic acid groups (broad SMARTS) is 1. The second-order valence-corrected chi connectivity index (χ2v) is 28.0. The zero-order valence-corrected chi connectivity index (χ0v) is 65.6. The van der Waals surface area contributed by atoms with Gasteiger partial charge >= 0.3 is 43.7 Å². The molecular formula is C81H108Li2N18O14. The second kappa shape index (κ2) is 48.2. The molecule has 0 spiro atoms. The number of nitrogens with zero attached hydrogens (tertiary/aromatic N) is 12. The van der Waals surface area contributed by atoms with Crippen molar-refractivity contribution in [2.75, 3.05) is 88.9 Å². The fourth-order valence-electron chi connectivity index (χ4n) is 13.6. The Morgan fingerprint density at radius 1 is 0.539 bits per heavy atom. The molecule has 32 nitrogen and oxygen atoms in total. The molecule has 34 heteroatoms. The number of aryl methyl sites for hydroxylation is 3. The molecule has 5 aliphatic rings. The zero-order chi connectivity index (χ0) is 77.7. The van der Waals surface area contributed by atoms with Crippen LogP contribution in [0.3, 0.4) is 0 Å². The molecule has 10 N–H and O–H groups in total. The van der Waals surface area contributed by atoms with Gasteiger partial charge in [-0.25, -0.2) is 4.79 Å². The van der Waals surface area contributed by atoms with Crippen molar-refractivity contribution in [3.05, 3.63) is 162 Å². The van der Waals surface area contributed by atoms with Gasteiger partial charge in [-0.1, -0.05) is 82.3 Å². The molecule has 14 rings (SSSR count). The van der Waals surface area contributed by atoms with Crippen LogP contribution in [0.2, 0.25) is 0 Å². The summed E-state index contributed by atoms with van der Waals surface area (Å²) in [5.41, 5.74) is 18.9. The Kier molecular flexibility index (Phi) is 38.9. The van der Waals surface area contributed by atoms with Gasteiger partial charge in [-0.15, -0.1) is 0 Å². The Morgan fingerprint density at radius 2 is 1.01 bits per heavy atom. The number of amides is 4. The SMILES string of the molecule is C.COC(=O)c1nn(C2CCOCC2)cc1NC(=O)c1cccc(-c2cnn(CCCCCCN)c2)c1.NCCCCCCn1cc(-c2cccc(C(=O)Nc3cn(C4CCOCC4)nc3C(=O)[O-])c2)cn1.O=C1Nc2cn(C3CCOCC3)nc2C(=O)NCCCCCCn2cc(cn2)-c2cccc1c2.OC1CCCO1.[Li+].[Li+].[OH-]. The number of carboxylic acids is 1. The number of aromatic nitrogens is 12. The van der Waals surface area contributed by atoms with Gasteiger partial charge in [0.2, 0.25) is 0 Å². The first-order chi connectivity index (χ1) is 54.2. The number of carbonyl (C=O) groups is 6. The molecule has 3 aromatic carbocycles.